The van der Waals surface area contributed by atoms with Crippen molar-refractivity contribution in [3.05, 3.63) is 54.1 Å². The summed E-state index contributed by atoms with van der Waals surface area (Å²) in [5.41, 5.74) is 0.796. The summed E-state index contributed by atoms with van der Waals surface area (Å²) in [6, 6.07) is 10.1. The first kappa shape index (κ1) is 11.2. The average Bonchev–Trinajstić information content (AvgIpc) is 2.75. The molecule has 1 saturated carbocycles. The molecule has 1 aromatic carbocycles. The second-order valence-corrected chi connectivity index (χ2v) is 4.99. The molecule has 0 N–H and O–H groups in total. The highest BCUT2D eigenvalue weighted by Crippen LogP contribution is 2.45. The Morgan fingerprint density at radius 2 is 2.00 bits per heavy atom. The van der Waals surface area contributed by atoms with Crippen molar-refractivity contribution in [2.75, 3.05) is 0 Å². The van der Waals surface area contributed by atoms with Crippen LogP contribution >= 0.6 is 0 Å². The van der Waals surface area contributed by atoms with E-state index in [9.17, 15) is 4.79 Å². The SMILES string of the molecule is Cn1ccnc1C(=O)C1(c2ccccc2)CCC1. The van der Waals surface area contributed by atoms with E-state index >= 15 is 0 Å². The number of hydrogen-bond donors (Lipinski definition) is 0. The minimum atomic E-state index is -0.333. The zero-order valence-corrected chi connectivity index (χ0v) is 10.5. The van der Waals surface area contributed by atoms with Crippen molar-refractivity contribution >= 4 is 5.78 Å². The van der Waals surface area contributed by atoms with Crippen LogP contribution in [-0.4, -0.2) is 15.3 Å². The van der Waals surface area contributed by atoms with E-state index in [0.29, 0.717) is 5.82 Å². The van der Waals surface area contributed by atoms with Crippen LogP contribution in [0, 0.1) is 0 Å². The molecule has 0 bridgehead atoms. The Bertz CT molecular complexity index is 567. The van der Waals surface area contributed by atoms with E-state index < -0.39 is 0 Å². The molecule has 1 aromatic heterocycles. The van der Waals surface area contributed by atoms with Crippen LogP contribution in [0.15, 0.2) is 42.7 Å². The van der Waals surface area contributed by atoms with Crippen LogP contribution in [-0.2, 0) is 12.5 Å². The standard InChI is InChI=1S/C15H16N2O/c1-17-11-10-16-14(17)13(18)15(8-5-9-15)12-6-3-2-4-7-12/h2-4,6-7,10-11H,5,8-9H2,1H3. The second-order valence-electron chi connectivity index (χ2n) is 4.99. The molecule has 2 aromatic rings. The summed E-state index contributed by atoms with van der Waals surface area (Å²) in [4.78, 5) is 17.0. The zero-order valence-electron chi connectivity index (χ0n) is 10.5. The number of hydrogen-bond acceptors (Lipinski definition) is 2. The number of imidazole rings is 1. The van der Waals surface area contributed by atoms with Crippen molar-refractivity contribution in [1.82, 2.24) is 9.55 Å². The molecule has 3 rings (SSSR count). The van der Waals surface area contributed by atoms with Gasteiger partial charge in [-0.2, -0.15) is 0 Å². The quantitative estimate of drug-likeness (QED) is 0.773. The van der Waals surface area contributed by atoms with Crippen molar-refractivity contribution in [3.8, 4) is 0 Å². The maximum absolute atomic E-state index is 12.7. The monoisotopic (exact) mass is 240 g/mol. The molecular weight excluding hydrogens is 224 g/mol. The Kier molecular flexibility index (Phi) is 2.54. The van der Waals surface area contributed by atoms with Gasteiger partial charge in [0.1, 0.15) is 0 Å². The fraction of sp³-hybridized carbons (Fsp3) is 0.333. The third-order valence-electron chi connectivity index (χ3n) is 3.99. The molecule has 1 aliphatic rings. The van der Waals surface area contributed by atoms with Gasteiger partial charge < -0.3 is 4.57 Å². The number of aromatic nitrogens is 2. The molecule has 0 spiro atoms. The van der Waals surface area contributed by atoms with Gasteiger partial charge in [-0.1, -0.05) is 36.8 Å². The molecule has 1 aliphatic carbocycles. The van der Waals surface area contributed by atoms with Crippen molar-refractivity contribution in [3.63, 3.8) is 0 Å². The van der Waals surface area contributed by atoms with E-state index in [1.807, 2.05) is 36.0 Å². The lowest BCUT2D eigenvalue weighted by atomic mass is 9.61. The molecule has 0 saturated heterocycles. The number of Topliss-reactive ketones (excluding diaryl/α,β-unsaturated/α-hetero) is 1. The van der Waals surface area contributed by atoms with Crippen LogP contribution in [0.5, 0.6) is 0 Å². The summed E-state index contributed by atoms with van der Waals surface area (Å²) >= 11 is 0. The number of aryl methyl sites for hydroxylation is 1. The highest BCUT2D eigenvalue weighted by Gasteiger charge is 2.46. The fourth-order valence-electron chi connectivity index (χ4n) is 2.73. The fourth-order valence-corrected chi connectivity index (χ4v) is 2.73. The lowest BCUT2D eigenvalue weighted by Crippen LogP contribution is -2.43. The predicted molar refractivity (Wildman–Crippen MR) is 69.5 cm³/mol. The minimum Gasteiger partial charge on any atom is -0.332 e. The number of rotatable bonds is 3. The molecule has 92 valence electrons. The van der Waals surface area contributed by atoms with Gasteiger partial charge in [-0.05, 0) is 18.4 Å². The highest BCUT2D eigenvalue weighted by molar-refractivity contribution is 6.02. The molecule has 0 unspecified atom stereocenters. The number of benzene rings is 1. The first-order chi connectivity index (χ1) is 8.74. The number of ketones is 1. The topological polar surface area (TPSA) is 34.9 Å². The van der Waals surface area contributed by atoms with Gasteiger partial charge in [-0.3, -0.25) is 4.79 Å². The maximum atomic E-state index is 12.7. The Morgan fingerprint density at radius 3 is 2.50 bits per heavy atom. The van der Waals surface area contributed by atoms with Crippen molar-refractivity contribution < 1.29 is 4.79 Å². The lowest BCUT2D eigenvalue weighted by molar-refractivity contribution is 0.0774. The predicted octanol–water partition coefficient (Wildman–Crippen LogP) is 2.72. The van der Waals surface area contributed by atoms with E-state index in [1.165, 1.54) is 0 Å². The molecule has 0 aliphatic heterocycles. The average molecular weight is 240 g/mol. The summed E-state index contributed by atoms with van der Waals surface area (Å²) in [6.07, 6.45) is 6.49. The molecule has 1 heterocycles. The van der Waals surface area contributed by atoms with Crippen LogP contribution in [0.4, 0.5) is 0 Å². The van der Waals surface area contributed by atoms with Crippen molar-refractivity contribution in [1.29, 1.82) is 0 Å². The molecule has 1 fully saturated rings. The van der Waals surface area contributed by atoms with Crippen LogP contribution in [0.3, 0.4) is 0 Å². The summed E-state index contributed by atoms with van der Waals surface area (Å²) in [5.74, 6) is 0.728. The normalized spacial score (nSPS) is 17.2. The first-order valence-electron chi connectivity index (χ1n) is 6.32. The minimum absolute atomic E-state index is 0.160. The van der Waals surface area contributed by atoms with Gasteiger partial charge in [0.15, 0.2) is 5.82 Å². The number of carbonyl (C=O) groups is 1. The van der Waals surface area contributed by atoms with Crippen molar-refractivity contribution in [2.45, 2.75) is 24.7 Å². The van der Waals surface area contributed by atoms with Gasteiger partial charge in [-0.15, -0.1) is 0 Å². The van der Waals surface area contributed by atoms with Gasteiger partial charge >= 0.3 is 0 Å². The van der Waals surface area contributed by atoms with Gasteiger partial charge in [-0.25, -0.2) is 4.98 Å². The molecular formula is C15H16N2O. The van der Waals surface area contributed by atoms with Crippen LogP contribution in [0.25, 0.3) is 0 Å². The Morgan fingerprint density at radius 1 is 1.28 bits per heavy atom. The van der Waals surface area contributed by atoms with Gasteiger partial charge in [0.2, 0.25) is 5.78 Å². The summed E-state index contributed by atoms with van der Waals surface area (Å²) in [5, 5.41) is 0. The third-order valence-corrected chi connectivity index (χ3v) is 3.99. The second kappa shape index (κ2) is 4.09. The highest BCUT2D eigenvalue weighted by atomic mass is 16.1. The third kappa shape index (κ3) is 1.50. The summed E-state index contributed by atoms with van der Waals surface area (Å²) in [7, 11) is 1.87. The molecule has 3 nitrogen and oxygen atoms in total. The number of carbonyl (C=O) groups excluding carboxylic acids is 1. The Hall–Kier alpha value is -1.90. The van der Waals surface area contributed by atoms with Crippen molar-refractivity contribution in [2.24, 2.45) is 7.05 Å². The van der Waals surface area contributed by atoms with E-state index in [4.69, 9.17) is 0 Å². The lowest BCUT2D eigenvalue weighted by Gasteiger charge is -2.40. The smallest absolute Gasteiger partial charge is 0.208 e. The number of nitrogens with zero attached hydrogens (tertiary/aromatic N) is 2. The maximum Gasteiger partial charge on any atom is 0.208 e. The van der Waals surface area contributed by atoms with Gasteiger partial charge in [0, 0.05) is 19.4 Å². The van der Waals surface area contributed by atoms with Crippen LogP contribution in [0.2, 0.25) is 0 Å². The zero-order chi connectivity index (χ0) is 12.6. The first-order valence-corrected chi connectivity index (χ1v) is 6.32. The summed E-state index contributed by atoms with van der Waals surface area (Å²) < 4.78 is 1.81. The van der Waals surface area contributed by atoms with Gasteiger partial charge in [0.25, 0.3) is 0 Å². The van der Waals surface area contributed by atoms with Gasteiger partial charge in [0.05, 0.1) is 5.41 Å². The molecule has 0 radical (unpaired) electrons. The van der Waals surface area contributed by atoms with E-state index in [2.05, 4.69) is 17.1 Å². The van der Waals surface area contributed by atoms with E-state index in [0.717, 1.165) is 24.8 Å². The van der Waals surface area contributed by atoms with Crippen LogP contribution < -0.4 is 0 Å². The summed E-state index contributed by atoms with van der Waals surface area (Å²) in [6.45, 7) is 0. The van der Waals surface area contributed by atoms with Crippen LogP contribution in [0.1, 0.15) is 35.4 Å². The Balaban J connectivity index is 2.03. The molecule has 0 amide bonds. The Labute approximate surface area is 106 Å². The van der Waals surface area contributed by atoms with E-state index in [-0.39, 0.29) is 11.2 Å². The molecule has 0 atom stereocenters. The van der Waals surface area contributed by atoms with E-state index in [1.54, 1.807) is 6.20 Å². The molecule has 3 heteroatoms. The largest absolute Gasteiger partial charge is 0.332 e. The molecule has 18 heavy (non-hydrogen) atoms.